The van der Waals surface area contributed by atoms with Crippen molar-refractivity contribution in [2.45, 2.75) is 38.9 Å². The van der Waals surface area contributed by atoms with Gasteiger partial charge in [-0.2, -0.15) is 0 Å². The van der Waals surface area contributed by atoms with Crippen molar-refractivity contribution < 1.29 is 4.74 Å². The van der Waals surface area contributed by atoms with E-state index in [9.17, 15) is 0 Å². The third kappa shape index (κ3) is 3.79. The van der Waals surface area contributed by atoms with Crippen molar-refractivity contribution in [1.82, 2.24) is 9.47 Å². The lowest BCUT2D eigenvalue weighted by molar-refractivity contribution is 0.220. The monoisotopic (exact) mass is 360 g/mol. The fraction of sp³-hybridized carbons (Fsp3) is 0.333. The van der Waals surface area contributed by atoms with Crippen LogP contribution in [0.25, 0.3) is 0 Å². The Hall–Kier alpha value is -2.52. The van der Waals surface area contributed by atoms with Crippen molar-refractivity contribution in [2.75, 3.05) is 13.7 Å². The Labute approximate surface area is 162 Å². The topological polar surface area (TPSA) is 17.4 Å². The van der Waals surface area contributed by atoms with E-state index in [2.05, 4.69) is 83.3 Å². The van der Waals surface area contributed by atoms with Crippen molar-refractivity contribution in [3.63, 3.8) is 0 Å². The molecule has 0 saturated carbocycles. The summed E-state index contributed by atoms with van der Waals surface area (Å²) in [4.78, 5) is 2.61. The number of rotatable bonds is 5. The summed E-state index contributed by atoms with van der Waals surface area (Å²) in [6.07, 6.45) is 4.47. The maximum Gasteiger partial charge on any atom is 0.118 e. The van der Waals surface area contributed by atoms with E-state index in [0.717, 1.165) is 31.8 Å². The molecule has 3 nitrogen and oxygen atoms in total. The molecule has 0 amide bonds. The second kappa shape index (κ2) is 8.01. The lowest BCUT2D eigenvalue weighted by atomic mass is 9.99. The molecule has 0 aliphatic carbocycles. The Balaban J connectivity index is 1.68. The molecule has 2 heterocycles. The van der Waals surface area contributed by atoms with E-state index in [1.807, 2.05) is 0 Å². The standard InChI is InChI=1S/C24H28N2O/c1-3-19-7-11-21(12-8-19)24-23-6-4-15-25(23)16-5-17-26(24)18-20-9-13-22(27-2)14-10-20/h4,6-15,24H,3,5,16-18H2,1-2H3/t24-/m0/s1. The van der Waals surface area contributed by atoms with Gasteiger partial charge in [0.05, 0.1) is 13.2 Å². The Bertz CT molecular complexity index is 864. The van der Waals surface area contributed by atoms with Crippen molar-refractivity contribution in [2.24, 2.45) is 0 Å². The summed E-state index contributed by atoms with van der Waals surface area (Å²) >= 11 is 0. The summed E-state index contributed by atoms with van der Waals surface area (Å²) in [7, 11) is 1.72. The van der Waals surface area contributed by atoms with E-state index < -0.39 is 0 Å². The van der Waals surface area contributed by atoms with Gasteiger partial charge >= 0.3 is 0 Å². The van der Waals surface area contributed by atoms with Gasteiger partial charge in [-0.15, -0.1) is 0 Å². The summed E-state index contributed by atoms with van der Waals surface area (Å²) in [5.74, 6) is 0.912. The van der Waals surface area contributed by atoms with Crippen LogP contribution in [0.15, 0.2) is 66.9 Å². The first-order chi connectivity index (χ1) is 13.3. The number of aromatic nitrogens is 1. The molecule has 140 valence electrons. The Morgan fingerprint density at radius 3 is 2.37 bits per heavy atom. The van der Waals surface area contributed by atoms with Gasteiger partial charge in [-0.05, 0) is 53.8 Å². The second-order valence-electron chi connectivity index (χ2n) is 7.30. The zero-order chi connectivity index (χ0) is 18.6. The van der Waals surface area contributed by atoms with Gasteiger partial charge in [-0.3, -0.25) is 4.90 Å². The lowest BCUT2D eigenvalue weighted by Gasteiger charge is -2.31. The predicted molar refractivity (Wildman–Crippen MR) is 110 cm³/mol. The average Bonchev–Trinajstić information content (AvgIpc) is 3.10. The smallest absolute Gasteiger partial charge is 0.118 e. The van der Waals surface area contributed by atoms with Crippen LogP contribution in [0.2, 0.25) is 0 Å². The molecule has 0 N–H and O–H groups in total. The maximum atomic E-state index is 5.31. The molecule has 1 aromatic heterocycles. The molecule has 1 atom stereocenters. The summed E-state index contributed by atoms with van der Waals surface area (Å²) in [5.41, 5.74) is 5.49. The van der Waals surface area contributed by atoms with Crippen molar-refractivity contribution in [3.8, 4) is 5.75 Å². The number of methoxy groups -OCH3 is 1. The highest BCUT2D eigenvalue weighted by molar-refractivity contribution is 5.33. The average molecular weight is 361 g/mol. The fourth-order valence-electron chi connectivity index (χ4n) is 4.09. The van der Waals surface area contributed by atoms with Gasteiger partial charge in [0.25, 0.3) is 0 Å². The van der Waals surface area contributed by atoms with Crippen LogP contribution >= 0.6 is 0 Å². The first kappa shape index (κ1) is 17.9. The van der Waals surface area contributed by atoms with Gasteiger partial charge in [0.2, 0.25) is 0 Å². The van der Waals surface area contributed by atoms with Gasteiger partial charge in [0.15, 0.2) is 0 Å². The summed E-state index contributed by atoms with van der Waals surface area (Å²) in [5, 5.41) is 0. The molecule has 27 heavy (non-hydrogen) atoms. The normalized spacial score (nSPS) is 17.3. The van der Waals surface area contributed by atoms with Crippen LogP contribution in [0.1, 0.15) is 41.8 Å². The largest absolute Gasteiger partial charge is 0.497 e. The molecule has 0 unspecified atom stereocenters. The molecule has 3 aromatic rings. The molecule has 1 aliphatic heterocycles. The SMILES string of the molecule is CCc1ccc([C@H]2c3cccn3CCCN2Cc2ccc(OC)cc2)cc1. The minimum absolute atomic E-state index is 0.288. The zero-order valence-electron chi connectivity index (χ0n) is 16.3. The molecule has 4 rings (SSSR count). The Kier molecular flexibility index (Phi) is 5.30. The Morgan fingerprint density at radius 2 is 1.67 bits per heavy atom. The van der Waals surface area contributed by atoms with E-state index in [0.29, 0.717) is 0 Å². The highest BCUT2D eigenvalue weighted by Crippen LogP contribution is 2.33. The van der Waals surface area contributed by atoms with Crippen LogP contribution in [-0.4, -0.2) is 23.1 Å². The van der Waals surface area contributed by atoms with Gasteiger partial charge < -0.3 is 9.30 Å². The number of hydrogen-bond acceptors (Lipinski definition) is 2. The van der Waals surface area contributed by atoms with Gasteiger partial charge in [-0.25, -0.2) is 0 Å². The quantitative estimate of drug-likeness (QED) is 0.633. The zero-order valence-corrected chi connectivity index (χ0v) is 16.3. The second-order valence-corrected chi connectivity index (χ2v) is 7.30. The number of ether oxygens (including phenoxy) is 1. The highest BCUT2D eigenvalue weighted by Gasteiger charge is 2.27. The third-order valence-electron chi connectivity index (χ3n) is 5.60. The minimum Gasteiger partial charge on any atom is -0.497 e. The van der Waals surface area contributed by atoms with E-state index in [-0.39, 0.29) is 6.04 Å². The first-order valence-corrected chi connectivity index (χ1v) is 9.89. The van der Waals surface area contributed by atoms with E-state index >= 15 is 0 Å². The molecule has 0 spiro atoms. The minimum atomic E-state index is 0.288. The number of hydrogen-bond donors (Lipinski definition) is 0. The number of fused-ring (bicyclic) bond motifs is 1. The number of benzene rings is 2. The van der Waals surface area contributed by atoms with Crippen LogP contribution in [0.4, 0.5) is 0 Å². The first-order valence-electron chi connectivity index (χ1n) is 9.89. The third-order valence-corrected chi connectivity index (χ3v) is 5.60. The molecular weight excluding hydrogens is 332 g/mol. The van der Waals surface area contributed by atoms with Gasteiger partial charge in [0, 0.05) is 31.5 Å². The highest BCUT2D eigenvalue weighted by atomic mass is 16.5. The van der Waals surface area contributed by atoms with Gasteiger partial charge in [0.1, 0.15) is 5.75 Å². The lowest BCUT2D eigenvalue weighted by Crippen LogP contribution is -2.29. The van der Waals surface area contributed by atoms with E-state index in [4.69, 9.17) is 4.74 Å². The Morgan fingerprint density at radius 1 is 0.926 bits per heavy atom. The van der Waals surface area contributed by atoms with Crippen LogP contribution in [0.3, 0.4) is 0 Å². The number of aryl methyl sites for hydroxylation is 2. The maximum absolute atomic E-state index is 5.31. The van der Waals surface area contributed by atoms with Crippen molar-refractivity contribution in [1.29, 1.82) is 0 Å². The van der Waals surface area contributed by atoms with Crippen LogP contribution < -0.4 is 4.74 Å². The fourth-order valence-corrected chi connectivity index (χ4v) is 4.09. The molecule has 1 aliphatic rings. The van der Waals surface area contributed by atoms with Crippen molar-refractivity contribution >= 4 is 0 Å². The molecule has 0 radical (unpaired) electrons. The van der Waals surface area contributed by atoms with Crippen LogP contribution in [0, 0.1) is 0 Å². The summed E-state index contributed by atoms with van der Waals surface area (Å²) < 4.78 is 7.73. The number of nitrogens with zero attached hydrogens (tertiary/aromatic N) is 2. The molecule has 2 aromatic carbocycles. The van der Waals surface area contributed by atoms with E-state index in [1.54, 1.807) is 7.11 Å². The molecular formula is C24H28N2O. The molecule has 0 saturated heterocycles. The summed E-state index contributed by atoms with van der Waals surface area (Å²) in [6.45, 7) is 5.33. The van der Waals surface area contributed by atoms with Gasteiger partial charge in [-0.1, -0.05) is 43.3 Å². The van der Waals surface area contributed by atoms with Crippen molar-refractivity contribution in [3.05, 3.63) is 89.2 Å². The predicted octanol–water partition coefficient (Wildman–Crippen LogP) is 5.05. The van der Waals surface area contributed by atoms with E-state index in [1.165, 1.54) is 28.8 Å². The van der Waals surface area contributed by atoms with Crippen LogP contribution in [-0.2, 0) is 19.5 Å². The molecule has 0 bridgehead atoms. The van der Waals surface area contributed by atoms with Crippen LogP contribution in [0.5, 0.6) is 5.75 Å². The molecule has 3 heteroatoms. The molecule has 0 fully saturated rings. The summed E-state index contributed by atoms with van der Waals surface area (Å²) in [6, 6.07) is 22.4.